The van der Waals surface area contributed by atoms with E-state index in [0.717, 1.165) is 25.7 Å². The monoisotopic (exact) mass is 210 g/mol. The average molecular weight is 210 g/mol. The van der Waals surface area contributed by atoms with Gasteiger partial charge in [0, 0.05) is 6.20 Å². The van der Waals surface area contributed by atoms with Gasteiger partial charge in [0.1, 0.15) is 0 Å². The first-order valence-corrected chi connectivity index (χ1v) is 5.25. The third-order valence-corrected chi connectivity index (χ3v) is 3.01. The molecular weight excluding hydrogens is 195 g/mol. The highest BCUT2D eigenvalue weighted by molar-refractivity contribution is 5.39. The Morgan fingerprint density at radius 3 is 2.80 bits per heavy atom. The maximum absolute atomic E-state index is 13.3. The van der Waals surface area contributed by atoms with Gasteiger partial charge in [-0.25, -0.2) is 9.37 Å². The van der Waals surface area contributed by atoms with Crippen LogP contribution in [-0.2, 0) is 0 Å². The molecular formula is C11H15FN2O. The van der Waals surface area contributed by atoms with Crippen LogP contribution in [0.5, 0.6) is 0 Å². The van der Waals surface area contributed by atoms with E-state index >= 15 is 0 Å². The summed E-state index contributed by atoms with van der Waals surface area (Å²) < 4.78 is 13.3. The second-order valence-electron chi connectivity index (χ2n) is 4.10. The molecule has 4 heteroatoms. The normalized spacial score (nSPS) is 19.1. The number of nitrogens with zero attached hydrogens (tertiary/aromatic N) is 1. The molecule has 2 N–H and O–H groups in total. The second-order valence-corrected chi connectivity index (χ2v) is 4.10. The number of halogens is 1. The van der Waals surface area contributed by atoms with E-state index in [1.807, 2.05) is 0 Å². The fourth-order valence-corrected chi connectivity index (χ4v) is 2.10. The number of anilines is 1. The Morgan fingerprint density at radius 2 is 2.20 bits per heavy atom. The van der Waals surface area contributed by atoms with Crippen molar-refractivity contribution in [3.63, 3.8) is 0 Å². The molecule has 82 valence electrons. The predicted octanol–water partition coefficient (Wildman–Crippen LogP) is 1.94. The van der Waals surface area contributed by atoms with Crippen molar-refractivity contribution in [2.24, 2.45) is 0 Å². The minimum absolute atomic E-state index is 0.0308. The molecule has 0 amide bonds. The zero-order valence-electron chi connectivity index (χ0n) is 8.54. The standard InChI is InChI=1S/C11H15FN2O/c12-9-4-3-7-13-10(9)14-11(8-15)5-1-2-6-11/h3-4,7,15H,1-2,5-6,8H2,(H,13,14). The summed E-state index contributed by atoms with van der Waals surface area (Å²) in [5.74, 6) is -0.120. The maximum Gasteiger partial charge on any atom is 0.165 e. The van der Waals surface area contributed by atoms with E-state index in [1.54, 1.807) is 12.3 Å². The molecule has 1 aromatic heterocycles. The number of rotatable bonds is 3. The summed E-state index contributed by atoms with van der Waals surface area (Å²) >= 11 is 0. The van der Waals surface area contributed by atoms with Crippen molar-refractivity contribution in [1.29, 1.82) is 0 Å². The van der Waals surface area contributed by atoms with E-state index in [9.17, 15) is 9.50 Å². The summed E-state index contributed by atoms with van der Waals surface area (Å²) in [5, 5.41) is 12.4. The van der Waals surface area contributed by atoms with E-state index in [2.05, 4.69) is 10.3 Å². The molecule has 1 fully saturated rings. The third-order valence-electron chi connectivity index (χ3n) is 3.01. The highest BCUT2D eigenvalue weighted by Gasteiger charge is 2.33. The van der Waals surface area contributed by atoms with E-state index in [0.29, 0.717) is 0 Å². The Labute approximate surface area is 88.3 Å². The van der Waals surface area contributed by atoms with Crippen LogP contribution in [0, 0.1) is 5.82 Å². The number of aliphatic hydroxyl groups excluding tert-OH is 1. The second kappa shape index (κ2) is 4.14. The highest BCUT2D eigenvalue weighted by Crippen LogP contribution is 2.32. The summed E-state index contributed by atoms with van der Waals surface area (Å²) in [5.41, 5.74) is -0.366. The zero-order valence-corrected chi connectivity index (χ0v) is 8.54. The number of hydrogen-bond acceptors (Lipinski definition) is 3. The van der Waals surface area contributed by atoms with Crippen molar-refractivity contribution >= 4 is 5.82 Å². The van der Waals surface area contributed by atoms with Crippen LogP contribution in [0.2, 0.25) is 0 Å². The van der Waals surface area contributed by atoms with Gasteiger partial charge < -0.3 is 10.4 Å². The SMILES string of the molecule is OCC1(Nc2ncccc2F)CCCC1. The number of hydrogen-bond donors (Lipinski definition) is 2. The van der Waals surface area contributed by atoms with E-state index in [-0.39, 0.29) is 23.8 Å². The molecule has 0 radical (unpaired) electrons. The first kappa shape index (κ1) is 10.4. The van der Waals surface area contributed by atoms with Gasteiger partial charge in [0.05, 0.1) is 12.1 Å². The Bertz CT molecular complexity index is 337. The van der Waals surface area contributed by atoms with Gasteiger partial charge in [-0.15, -0.1) is 0 Å². The topological polar surface area (TPSA) is 45.1 Å². The third kappa shape index (κ3) is 2.09. The minimum atomic E-state index is -0.366. The quantitative estimate of drug-likeness (QED) is 0.801. The van der Waals surface area contributed by atoms with Gasteiger partial charge >= 0.3 is 0 Å². The van der Waals surface area contributed by atoms with E-state index in [1.165, 1.54) is 6.07 Å². The Morgan fingerprint density at radius 1 is 1.47 bits per heavy atom. The fourth-order valence-electron chi connectivity index (χ4n) is 2.10. The molecule has 1 heterocycles. The fraction of sp³-hybridized carbons (Fsp3) is 0.545. The van der Waals surface area contributed by atoms with Crippen LogP contribution in [0.15, 0.2) is 18.3 Å². The molecule has 0 aliphatic heterocycles. The molecule has 3 nitrogen and oxygen atoms in total. The molecule has 2 rings (SSSR count). The summed E-state index contributed by atoms with van der Waals surface area (Å²) in [4.78, 5) is 3.94. The Kier molecular flexibility index (Phi) is 2.86. The van der Waals surface area contributed by atoms with Gasteiger partial charge in [0.2, 0.25) is 0 Å². The van der Waals surface area contributed by atoms with E-state index in [4.69, 9.17) is 0 Å². The Balaban J connectivity index is 2.16. The first-order valence-electron chi connectivity index (χ1n) is 5.25. The highest BCUT2D eigenvalue weighted by atomic mass is 19.1. The molecule has 1 saturated carbocycles. The summed E-state index contributed by atoms with van der Waals surface area (Å²) in [7, 11) is 0. The van der Waals surface area contributed by atoms with E-state index < -0.39 is 0 Å². The molecule has 0 saturated heterocycles. The van der Waals surface area contributed by atoms with Crippen molar-refractivity contribution in [3.05, 3.63) is 24.1 Å². The van der Waals surface area contributed by atoms with Crippen LogP contribution in [-0.4, -0.2) is 22.2 Å². The van der Waals surface area contributed by atoms with Crippen LogP contribution in [0.4, 0.5) is 10.2 Å². The summed E-state index contributed by atoms with van der Waals surface area (Å²) in [6, 6.07) is 2.93. The lowest BCUT2D eigenvalue weighted by atomic mass is 9.99. The number of aromatic nitrogens is 1. The predicted molar refractivity (Wildman–Crippen MR) is 56.1 cm³/mol. The van der Waals surface area contributed by atoms with Gasteiger partial charge in [0.25, 0.3) is 0 Å². The molecule has 0 aromatic carbocycles. The number of nitrogens with one attached hydrogen (secondary N) is 1. The molecule has 0 unspecified atom stereocenters. The van der Waals surface area contributed by atoms with Crippen molar-refractivity contribution in [2.45, 2.75) is 31.2 Å². The Hall–Kier alpha value is -1.16. The van der Waals surface area contributed by atoms with Crippen molar-refractivity contribution < 1.29 is 9.50 Å². The molecule has 1 aliphatic rings. The van der Waals surface area contributed by atoms with Crippen molar-refractivity contribution in [1.82, 2.24) is 4.98 Å². The lowest BCUT2D eigenvalue weighted by molar-refractivity contribution is 0.213. The van der Waals surface area contributed by atoms with Crippen LogP contribution < -0.4 is 5.32 Å². The van der Waals surface area contributed by atoms with Crippen molar-refractivity contribution in [2.75, 3.05) is 11.9 Å². The molecule has 1 aliphatic carbocycles. The van der Waals surface area contributed by atoms with Gasteiger partial charge in [-0.05, 0) is 25.0 Å². The van der Waals surface area contributed by atoms with Crippen LogP contribution in [0.25, 0.3) is 0 Å². The van der Waals surface area contributed by atoms with Crippen molar-refractivity contribution in [3.8, 4) is 0 Å². The van der Waals surface area contributed by atoms with Crippen LogP contribution in [0.3, 0.4) is 0 Å². The number of aliphatic hydroxyl groups is 1. The molecule has 0 atom stereocenters. The molecule has 0 bridgehead atoms. The molecule has 1 aromatic rings. The van der Waals surface area contributed by atoms with Gasteiger partial charge in [-0.1, -0.05) is 12.8 Å². The lowest BCUT2D eigenvalue weighted by Gasteiger charge is -2.28. The first-order chi connectivity index (χ1) is 7.26. The largest absolute Gasteiger partial charge is 0.394 e. The summed E-state index contributed by atoms with van der Waals surface area (Å²) in [6.07, 6.45) is 5.44. The van der Waals surface area contributed by atoms with Crippen LogP contribution in [0.1, 0.15) is 25.7 Å². The van der Waals surface area contributed by atoms with Gasteiger partial charge in [-0.2, -0.15) is 0 Å². The smallest absolute Gasteiger partial charge is 0.165 e. The molecule has 15 heavy (non-hydrogen) atoms. The minimum Gasteiger partial charge on any atom is -0.394 e. The maximum atomic E-state index is 13.3. The molecule has 0 spiro atoms. The zero-order chi connectivity index (χ0) is 10.7. The summed E-state index contributed by atoms with van der Waals surface area (Å²) in [6.45, 7) is 0.0308. The average Bonchev–Trinajstić information content (AvgIpc) is 2.71. The van der Waals surface area contributed by atoms with Crippen LogP contribution >= 0.6 is 0 Å². The van der Waals surface area contributed by atoms with Gasteiger partial charge in [0.15, 0.2) is 11.6 Å². The van der Waals surface area contributed by atoms with Gasteiger partial charge in [-0.3, -0.25) is 0 Å². The lowest BCUT2D eigenvalue weighted by Crippen LogP contribution is -2.39. The number of pyridine rings is 1.